The largest absolute Gasteiger partial charge is 0.394 e. The van der Waals surface area contributed by atoms with E-state index in [4.69, 9.17) is 5.73 Å². The summed E-state index contributed by atoms with van der Waals surface area (Å²) in [6.07, 6.45) is 1.94. The van der Waals surface area contributed by atoms with E-state index in [9.17, 15) is 4.79 Å². The number of aryl methyl sites for hydroxylation is 1. The second kappa shape index (κ2) is 5.73. The second-order valence-electron chi connectivity index (χ2n) is 5.76. The molecule has 1 fully saturated rings. The van der Waals surface area contributed by atoms with Gasteiger partial charge in [0.15, 0.2) is 5.82 Å². The second-order valence-corrected chi connectivity index (χ2v) is 5.76. The van der Waals surface area contributed by atoms with Gasteiger partial charge in [-0.15, -0.1) is 0 Å². The lowest BCUT2D eigenvalue weighted by atomic mass is 9.97. The summed E-state index contributed by atoms with van der Waals surface area (Å²) in [7, 11) is 1.69. The average molecular weight is 279 g/mol. The summed E-state index contributed by atoms with van der Waals surface area (Å²) in [5.74, 6) is 1.11. The molecule has 0 spiro atoms. The Balaban J connectivity index is 2.29. The third-order valence-electron chi connectivity index (χ3n) is 3.93. The molecule has 1 atom stereocenters. The first-order chi connectivity index (χ1) is 9.45. The van der Waals surface area contributed by atoms with Crippen molar-refractivity contribution < 1.29 is 4.79 Å². The van der Waals surface area contributed by atoms with Crippen molar-refractivity contribution in [3.05, 3.63) is 5.69 Å². The number of carbonyl (C=O) groups is 1. The molecule has 0 bridgehead atoms. The zero-order chi connectivity index (χ0) is 14.9. The fourth-order valence-electron chi connectivity index (χ4n) is 2.81. The molecule has 2 rings (SSSR count). The molecule has 0 radical (unpaired) electrons. The summed E-state index contributed by atoms with van der Waals surface area (Å²) in [6, 6.07) is 0.251. The number of nitrogens with one attached hydrogen (secondary N) is 1. The molecule has 112 valence electrons. The highest BCUT2D eigenvalue weighted by atomic mass is 16.1. The molecule has 1 aliphatic rings. The van der Waals surface area contributed by atoms with Gasteiger partial charge in [-0.1, -0.05) is 0 Å². The number of rotatable bonds is 3. The number of nitrogen functional groups attached to an aromatic ring is 1. The standard InChI is InChI=1S/C14H25N5O/c1-9(2)19-14(12(15)10(3)17-19)18-7-5-6-11(8-18)13(20)16-4/h9,11H,5-8,15H2,1-4H3,(H,16,20). The van der Waals surface area contributed by atoms with Gasteiger partial charge in [-0.25, -0.2) is 4.68 Å². The molecule has 1 amide bonds. The minimum Gasteiger partial charge on any atom is -0.394 e. The summed E-state index contributed by atoms with van der Waals surface area (Å²) >= 11 is 0. The third-order valence-corrected chi connectivity index (χ3v) is 3.93. The number of nitrogens with zero attached hydrogens (tertiary/aromatic N) is 3. The molecule has 1 aromatic rings. The highest BCUT2D eigenvalue weighted by molar-refractivity contribution is 5.79. The number of piperidine rings is 1. The fraction of sp³-hybridized carbons (Fsp3) is 0.714. The predicted molar refractivity (Wildman–Crippen MR) is 80.8 cm³/mol. The summed E-state index contributed by atoms with van der Waals surface area (Å²) in [4.78, 5) is 14.1. The number of aromatic nitrogens is 2. The summed E-state index contributed by atoms with van der Waals surface area (Å²) in [5, 5.41) is 7.27. The van der Waals surface area contributed by atoms with Gasteiger partial charge >= 0.3 is 0 Å². The van der Waals surface area contributed by atoms with E-state index in [-0.39, 0.29) is 17.9 Å². The Labute approximate surface area is 120 Å². The quantitative estimate of drug-likeness (QED) is 0.875. The minimum atomic E-state index is 0.0315. The van der Waals surface area contributed by atoms with Crippen LogP contribution in [0.15, 0.2) is 0 Å². The normalized spacial score (nSPS) is 19.4. The van der Waals surface area contributed by atoms with Crippen LogP contribution in [0.2, 0.25) is 0 Å². The van der Waals surface area contributed by atoms with Crippen LogP contribution in [0.3, 0.4) is 0 Å². The van der Waals surface area contributed by atoms with Crippen LogP contribution in [-0.4, -0.2) is 35.8 Å². The third kappa shape index (κ3) is 2.59. The molecule has 2 heterocycles. The molecular weight excluding hydrogens is 254 g/mol. The maximum Gasteiger partial charge on any atom is 0.224 e. The molecule has 0 saturated carbocycles. The van der Waals surface area contributed by atoms with Crippen molar-refractivity contribution in [1.82, 2.24) is 15.1 Å². The molecule has 0 aliphatic carbocycles. The topological polar surface area (TPSA) is 76.2 Å². The van der Waals surface area contributed by atoms with Crippen LogP contribution in [0.1, 0.15) is 38.4 Å². The lowest BCUT2D eigenvalue weighted by Gasteiger charge is -2.34. The van der Waals surface area contributed by atoms with E-state index in [2.05, 4.69) is 29.2 Å². The minimum absolute atomic E-state index is 0.0315. The van der Waals surface area contributed by atoms with E-state index in [1.807, 2.05) is 11.6 Å². The maximum atomic E-state index is 11.9. The summed E-state index contributed by atoms with van der Waals surface area (Å²) < 4.78 is 1.97. The van der Waals surface area contributed by atoms with Crippen molar-refractivity contribution in [2.45, 2.75) is 39.7 Å². The number of nitrogens with two attached hydrogens (primary N) is 1. The SMILES string of the molecule is CNC(=O)C1CCCN(c2c(N)c(C)nn2C(C)C)C1. The van der Waals surface area contributed by atoms with Crippen molar-refractivity contribution in [2.75, 3.05) is 30.8 Å². The molecule has 1 unspecified atom stereocenters. The Morgan fingerprint density at radius 3 is 2.80 bits per heavy atom. The Morgan fingerprint density at radius 1 is 1.50 bits per heavy atom. The van der Waals surface area contributed by atoms with Crippen LogP contribution in [0.4, 0.5) is 11.5 Å². The molecule has 1 aromatic heterocycles. The monoisotopic (exact) mass is 279 g/mol. The lowest BCUT2D eigenvalue weighted by Crippen LogP contribution is -2.43. The number of hydrogen-bond donors (Lipinski definition) is 2. The van der Waals surface area contributed by atoms with E-state index in [1.54, 1.807) is 7.05 Å². The zero-order valence-electron chi connectivity index (χ0n) is 12.8. The van der Waals surface area contributed by atoms with Crippen molar-refractivity contribution in [3.63, 3.8) is 0 Å². The Bertz CT molecular complexity index is 494. The Morgan fingerprint density at radius 2 is 2.20 bits per heavy atom. The number of carbonyl (C=O) groups excluding carboxylic acids is 1. The first-order valence-electron chi connectivity index (χ1n) is 7.26. The average Bonchev–Trinajstić information content (AvgIpc) is 2.74. The highest BCUT2D eigenvalue weighted by Gasteiger charge is 2.29. The summed E-state index contributed by atoms with van der Waals surface area (Å²) in [6.45, 7) is 7.75. The van der Waals surface area contributed by atoms with Gasteiger partial charge in [-0.2, -0.15) is 5.10 Å². The van der Waals surface area contributed by atoms with Gasteiger partial charge in [-0.3, -0.25) is 4.79 Å². The highest BCUT2D eigenvalue weighted by Crippen LogP contribution is 2.32. The van der Waals surface area contributed by atoms with Crippen LogP contribution >= 0.6 is 0 Å². The van der Waals surface area contributed by atoms with Crippen molar-refractivity contribution in [1.29, 1.82) is 0 Å². The van der Waals surface area contributed by atoms with Crippen LogP contribution in [0.25, 0.3) is 0 Å². The summed E-state index contributed by atoms with van der Waals surface area (Å²) in [5.41, 5.74) is 7.79. The van der Waals surface area contributed by atoms with Crippen molar-refractivity contribution in [3.8, 4) is 0 Å². The Kier molecular flexibility index (Phi) is 4.20. The number of hydrogen-bond acceptors (Lipinski definition) is 4. The van der Waals surface area contributed by atoms with E-state index >= 15 is 0 Å². The molecular formula is C14H25N5O. The van der Waals surface area contributed by atoms with Crippen LogP contribution in [0.5, 0.6) is 0 Å². The van der Waals surface area contributed by atoms with Gasteiger partial charge in [0.25, 0.3) is 0 Å². The van der Waals surface area contributed by atoms with Gasteiger partial charge < -0.3 is 16.0 Å². The van der Waals surface area contributed by atoms with E-state index in [0.29, 0.717) is 6.54 Å². The Hall–Kier alpha value is -1.72. The van der Waals surface area contributed by atoms with Crippen LogP contribution in [0, 0.1) is 12.8 Å². The molecule has 3 N–H and O–H groups in total. The zero-order valence-corrected chi connectivity index (χ0v) is 12.8. The molecule has 1 aliphatic heterocycles. The number of amides is 1. The van der Waals surface area contributed by atoms with Crippen LogP contribution in [-0.2, 0) is 4.79 Å². The van der Waals surface area contributed by atoms with Gasteiger partial charge in [0, 0.05) is 26.2 Å². The van der Waals surface area contributed by atoms with E-state index in [1.165, 1.54) is 0 Å². The molecule has 20 heavy (non-hydrogen) atoms. The molecule has 0 aromatic carbocycles. The van der Waals surface area contributed by atoms with Gasteiger partial charge in [-0.05, 0) is 33.6 Å². The molecule has 1 saturated heterocycles. The van der Waals surface area contributed by atoms with Crippen molar-refractivity contribution in [2.24, 2.45) is 5.92 Å². The lowest BCUT2D eigenvalue weighted by molar-refractivity contribution is -0.124. The van der Waals surface area contributed by atoms with Gasteiger partial charge in [0.05, 0.1) is 17.3 Å². The van der Waals surface area contributed by atoms with Gasteiger partial charge in [0.2, 0.25) is 5.91 Å². The first-order valence-corrected chi connectivity index (χ1v) is 7.26. The fourth-order valence-corrected chi connectivity index (χ4v) is 2.81. The molecule has 6 heteroatoms. The maximum absolute atomic E-state index is 11.9. The van der Waals surface area contributed by atoms with Crippen LogP contribution < -0.4 is 16.0 Å². The van der Waals surface area contributed by atoms with Gasteiger partial charge in [0.1, 0.15) is 0 Å². The van der Waals surface area contributed by atoms with Crippen molar-refractivity contribution >= 4 is 17.4 Å². The smallest absolute Gasteiger partial charge is 0.224 e. The molecule has 6 nitrogen and oxygen atoms in total. The van der Waals surface area contributed by atoms with E-state index < -0.39 is 0 Å². The first kappa shape index (κ1) is 14.7. The predicted octanol–water partition coefficient (Wildman–Crippen LogP) is 1.32. The number of anilines is 2. The van der Waals surface area contributed by atoms with E-state index in [0.717, 1.165) is 36.6 Å².